The molecule has 1 heterocycles. The third-order valence-corrected chi connectivity index (χ3v) is 3.93. The lowest BCUT2D eigenvalue weighted by Gasteiger charge is -2.04. The molecule has 9 nitrogen and oxygen atoms in total. The van der Waals surface area contributed by atoms with Gasteiger partial charge in [0.1, 0.15) is 11.5 Å². The number of nitrogen functional groups attached to an aromatic ring is 1. The van der Waals surface area contributed by atoms with Gasteiger partial charge in [-0.2, -0.15) is 0 Å². The first-order valence-electron chi connectivity index (χ1n) is 5.77. The molecule has 0 radical (unpaired) electrons. The zero-order chi connectivity index (χ0) is 15.8. The first-order valence-corrected chi connectivity index (χ1v) is 7.66. The van der Waals surface area contributed by atoms with E-state index in [1.807, 2.05) is 0 Å². The van der Waals surface area contributed by atoms with Crippen LogP contribution in [-0.4, -0.2) is 36.4 Å². The molecule has 112 valence electrons. The monoisotopic (exact) mass is 311 g/mol. The number of nitro groups is 1. The zero-order valence-electron chi connectivity index (χ0n) is 11.3. The fourth-order valence-electron chi connectivity index (χ4n) is 1.93. The quantitative estimate of drug-likeness (QED) is 0.630. The average Bonchev–Trinajstić information content (AvgIpc) is 2.75. The van der Waals surface area contributed by atoms with Crippen LogP contribution < -0.4 is 11.1 Å². The summed E-state index contributed by atoms with van der Waals surface area (Å²) in [5.74, 6) is -0.149. The average molecular weight is 311 g/mol. The maximum absolute atomic E-state index is 11.8. The third-order valence-electron chi connectivity index (χ3n) is 2.79. The van der Waals surface area contributed by atoms with Crippen molar-refractivity contribution in [2.75, 3.05) is 24.4 Å². The summed E-state index contributed by atoms with van der Waals surface area (Å²) in [7, 11) is -2.15. The number of benzene rings is 1. The molecule has 0 aliphatic rings. The molecule has 0 bridgehead atoms. The smallest absolute Gasteiger partial charge is 0.294 e. The Labute approximate surface area is 120 Å². The molecule has 2 rings (SSSR count). The van der Waals surface area contributed by atoms with Gasteiger partial charge in [-0.25, -0.2) is 13.1 Å². The number of nitrogens with zero attached hydrogens (tertiary/aromatic N) is 3. The van der Waals surface area contributed by atoms with Crippen molar-refractivity contribution in [3.8, 4) is 5.69 Å². The Balaban J connectivity index is 2.79. The van der Waals surface area contributed by atoms with Gasteiger partial charge in [0.25, 0.3) is 5.69 Å². The van der Waals surface area contributed by atoms with Crippen molar-refractivity contribution in [1.82, 2.24) is 9.78 Å². The highest BCUT2D eigenvalue weighted by Gasteiger charge is 2.26. The highest BCUT2D eigenvalue weighted by Crippen LogP contribution is 2.32. The number of hydrogen-bond acceptors (Lipinski definition) is 7. The fourth-order valence-corrected chi connectivity index (χ4v) is 2.89. The van der Waals surface area contributed by atoms with Crippen molar-refractivity contribution in [3.63, 3.8) is 0 Å². The van der Waals surface area contributed by atoms with Crippen LogP contribution in [-0.2, 0) is 9.84 Å². The number of nitrogens with two attached hydrogens (primary N) is 1. The molecular formula is C11H13N5O4S. The molecule has 2 aromatic rings. The minimum atomic E-state index is -3.64. The number of anilines is 2. The van der Waals surface area contributed by atoms with Crippen molar-refractivity contribution < 1.29 is 13.3 Å². The molecule has 0 saturated carbocycles. The lowest BCUT2D eigenvalue weighted by molar-refractivity contribution is -0.384. The number of sulfone groups is 1. The van der Waals surface area contributed by atoms with E-state index in [-0.39, 0.29) is 27.9 Å². The van der Waals surface area contributed by atoms with Crippen LogP contribution in [0.25, 0.3) is 5.69 Å². The van der Waals surface area contributed by atoms with E-state index in [0.717, 1.165) is 10.9 Å². The Kier molecular flexibility index (Phi) is 3.56. The van der Waals surface area contributed by atoms with E-state index < -0.39 is 14.8 Å². The van der Waals surface area contributed by atoms with Crippen LogP contribution in [0.5, 0.6) is 0 Å². The van der Waals surface area contributed by atoms with Crippen molar-refractivity contribution >= 4 is 27.2 Å². The van der Waals surface area contributed by atoms with Gasteiger partial charge in [-0.15, -0.1) is 5.10 Å². The molecule has 0 atom stereocenters. The lowest BCUT2D eigenvalue weighted by Crippen LogP contribution is -2.07. The van der Waals surface area contributed by atoms with Crippen molar-refractivity contribution in [3.05, 3.63) is 34.4 Å². The molecule has 0 saturated heterocycles. The molecule has 21 heavy (non-hydrogen) atoms. The van der Waals surface area contributed by atoms with Crippen molar-refractivity contribution in [2.45, 2.75) is 4.90 Å². The second-order valence-electron chi connectivity index (χ2n) is 4.24. The van der Waals surface area contributed by atoms with Gasteiger partial charge in [0.15, 0.2) is 20.6 Å². The molecule has 0 spiro atoms. The van der Waals surface area contributed by atoms with Gasteiger partial charge in [-0.05, 0) is 6.07 Å². The molecule has 1 aromatic heterocycles. The molecule has 0 fully saturated rings. The van der Waals surface area contributed by atoms with Gasteiger partial charge >= 0.3 is 0 Å². The van der Waals surface area contributed by atoms with Crippen LogP contribution >= 0.6 is 0 Å². The third kappa shape index (κ3) is 2.52. The predicted octanol–water partition coefficient (Wildman–Crippen LogP) is 0.808. The highest BCUT2D eigenvalue weighted by atomic mass is 32.2. The second-order valence-corrected chi connectivity index (χ2v) is 6.20. The van der Waals surface area contributed by atoms with Crippen LogP contribution in [0.1, 0.15) is 0 Å². The maximum Gasteiger partial charge on any atom is 0.294 e. The molecule has 10 heteroatoms. The summed E-state index contributed by atoms with van der Waals surface area (Å²) in [5.41, 5.74) is 5.69. The number of para-hydroxylation sites is 2. The fraction of sp³-hybridized carbons (Fsp3) is 0.182. The molecule has 0 aliphatic heterocycles. The summed E-state index contributed by atoms with van der Waals surface area (Å²) in [5, 5.41) is 17.7. The first-order chi connectivity index (χ1) is 9.77. The summed E-state index contributed by atoms with van der Waals surface area (Å²) in [6.07, 6.45) is 0.991. The van der Waals surface area contributed by atoms with Crippen LogP contribution in [0, 0.1) is 10.1 Å². The van der Waals surface area contributed by atoms with E-state index in [0.29, 0.717) is 0 Å². The zero-order valence-corrected chi connectivity index (χ0v) is 12.1. The van der Waals surface area contributed by atoms with Gasteiger partial charge in [-0.3, -0.25) is 10.1 Å². The Morgan fingerprint density at radius 3 is 2.48 bits per heavy atom. The molecular weight excluding hydrogens is 298 g/mol. The Hall–Kier alpha value is -2.62. The summed E-state index contributed by atoms with van der Waals surface area (Å²) in [6.45, 7) is 0. The molecule has 3 N–H and O–H groups in total. The van der Waals surface area contributed by atoms with E-state index in [4.69, 9.17) is 5.73 Å². The van der Waals surface area contributed by atoms with Crippen LogP contribution in [0.15, 0.2) is 29.2 Å². The van der Waals surface area contributed by atoms with Crippen LogP contribution in [0.4, 0.5) is 17.3 Å². The Bertz CT molecular complexity index is 812. The molecule has 0 amide bonds. The number of rotatable bonds is 4. The number of nitro benzene ring substituents is 1. The summed E-state index contributed by atoms with van der Waals surface area (Å²) < 4.78 is 24.6. The first kappa shape index (κ1) is 14.8. The normalized spacial score (nSPS) is 11.3. The van der Waals surface area contributed by atoms with E-state index in [1.54, 1.807) is 6.07 Å². The standard InChI is InChI=1S/C11H13N5O4S/c1-13-11-9(21(2,19)20)10(12)15(14-11)7-5-3-4-6-8(7)16(17)18/h3-6H,12H2,1-2H3,(H,13,14). The summed E-state index contributed by atoms with van der Waals surface area (Å²) in [6, 6.07) is 5.79. The van der Waals surface area contributed by atoms with Gasteiger partial charge < -0.3 is 11.1 Å². The molecule has 0 unspecified atom stereocenters. The number of aromatic nitrogens is 2. The van der Waals surface area contributed by atoms with Crippen LogP contribution in [0.3, 0.4) is 0 Å². The summed E-state index contributed by atoms with van der Waals surface area (Å²) >= 11 is 0. The van der Waals surface area contributed by atoms with E-state index in [1.165, 1.54) is 25.2 Å². The van der Waals surface area contributed by atoms with Gasteiger partial charge in [0.2, 0.25) is 0 Å². The predicted molar refractivity (Wildman–Crippen MR) is 77.3 cm³/mol. The largest absolute Gasteiger partial charge is 0.382 e. The maximum atomic E-state index is 11.8. The molecule has 0 aliphatic carbocycles. The Morgan fingerprint density at radius 2 is 2.00 bits per heavy atom. The molecule has 1 aromatic carbocycles. The van der Waals surface area contributed by atoms with Crippen molar-refractivity contribution in [1.29, 1.82) is 0 Å². The second kappa shape index (κ2) is 5.05. The van der Waals surface area contributed by atoms with Gasteiger partial charge in [0, 0.05) is 19.4 Å². The van der Waals surface area contributed by atoms with Gasteiger partial charge in [-0.1, -0.05) is 12.1 Å². The minimum absolute atomic E-state index is 0.0353. The lowest BCUT2D eigenvalue weighted by atomic mass is 10.3. The summed E-state index contributed by atoms with van der Waals surface area (Å²) in [4.78, 5) is 10.3. The minimum Gasteiger partial charge on any atom is -0.382 e. The van der Waals surface area contributed by atoms with Crippen molar-refractivity contribution in [2.24, 2.45) is 0 Å². The van der Waals surface area contributed by atoms with E-state index in [9.17, 15) is 18.5 Å². The highest BCUT2D eigenvalue weighted by molar-refractivity contribution is 7.91. The Morgan fingerprint density at radius 1 is 1.38 bits per heavy atom. The van der Waals surface area contributed by atoms with Crippen LogP contribution in [0.2, 0.25) is 0 Å². The van der Waals surface area contributed by atoms with E-state index in [2.05, 4.69) is 10.4 Å². The van der Waals surface area contributed by atoms with E-state index >= 15 is 0 Å². The number of hydrogen-bond donors (Lipinski definition) is 2. The number of nitrogens with one attached hydrogen (secondary N) is 1. The SMILES string of the molecule is CNc1nn(-c2ccccc2[N+](=O)[O-])c(N)c1S(C)(=O)=O. The topological polar surface area (TPSA) is 133 Å². The van der Waals surface area contributed by atoms with Gasteiger partial charge in [0.05, 0.1) is 4.92 Å².